The Hall–Kier alpha value is -2.21. The number of piperidine rings is 1. The van der Waals surface area contributed by atoms with Gasteiger partial charge in [0.25, 0.3) is 5.91 Å². The summed E-state index contributed by atoms with van der Waals surface area (Å²) in [4.78, 5) is 21.2. The lowest BCUT2D eigenvalue weighted by atomic mass is 10.0. The molecule has 0 radical (unpaired) electrons. The Morgan fingerprint density at radius 2 is 2.20 bits per heavy atom. The topological polar surface area (TPSA) is 51.0 Å². The van der Waals surface area contributed by atoms with Crippen LogP contribution in [0.5, 0.6) is 0 Å². The summed E-state index contributed by atoms with van der Waals surface area (Å²) in [6.07, 6.45) is 3.35. The third kappa shape index (κ3) is 2.74. The summed E-state index contributed by atoms with van der Waals surface area (Å²) in [5, 5.41) is 7.42. The highest BCUT2D eigenvalue weighted by Crippen LogP contribution is 2.31. The molecule has 3 aromatic rings. The zero-order chi connectivity index (χ0) is 17.6. The standard InChI is InChI=1S/C19H22N4OS/c1-12-7-4-5-9-23(12)19(24)14-11-15(16-8-6-10-25-16)20-18-17(14)13(2)21-22(18)3/h6,8,10-12H,4-5,7,9H2,1-3H3/t12-/m0/s1. The Labute approximate surface area is 151 Å². The fourth-order valence-corrected chi connectivity index (χ4v) is 4.40. The van der Waals surface area contributed by atoms with Gasteiger partial charge in [-0.2, -0.15) is 5.10 Å². The SMILES string of the molecule is Cc1nn(C)c2nc(-c3cccs3)cc(C(=O)N3CCCC[C@@H]3C)c12. The minimum Gasteiger partial charge on any atom is -0.336 e. The van der Waals surface area contributed by atoms with E-state index in [1.165, 1.54) is 6.42 Å². The first-order chi connectivity index (χ1) is 12.1. The van der Waals surface area contributed by atoms with E-state index >= 15 is 0 Å². The maximum absolute atomic E-state index is 13.4. The molecule has 1 atom stereocenters. The molecule has 1 aliphatic rings. The minimum atomic E-state index is 0.105. The van der Waals surface area contributed by atoms with E-state index in [0.717, 1.165) is 52.2 Å². The van der Waals surface area contributed by atoms with Gasteiger partial charge in [-0.15, -0.1) is 11.3 Å². The Bertz CT molecular complexity index is 929. The summed E-state index contributed by atoms with van der Waals surface area (Å²) in [5.41, 5.74) is 3.21. The van der Waals surface area contributed by atoms with Gasteiger partial charge in [-0.1, -0.05) is 6.07 Å². The van der Waals surface area contributed by atoms with Crippen LogP contribution in [-0.2, 0) is 7.05 Å². The van der Waals surface area contributed by atoms with Crippen LogP contribution in [-0.4, -0.2) is 38.2 Å². The van der Waals surface area contributed by atoms with Gasteiger partial charge in [-0.3, -0.25) is 9.48 Å². The van der Waals surface area contributed by atoms with Crippen molar-refractivity contribution in [2.45, 2.75) is 39.2 Å². The molecule has 1 amide bonds. The first kappa shape index (κ1) is 16.3. The molecular formula is C19H22N4OS. The normalized spacial score (nSPS) is 18.0. The predicted octanol–water partition coefficient (Wildman–Crippen LogP) is 4.02. The molecule has 6 heteroatoms. The molecule has 4 heterocycles. The number of aromatic nitrogens is 3. The summed E-state index contributed by atoms with van der Waals surface area (Å²) in [6.45, 7) is 4.93. The number of thiophene rings is 1. The summed E-state index contributed by atoms with van der Waals surface area (Å²) in [5.74, 6) is 0.105. The van der Waals surface area contributed by atoms with Crippen molar-refractivity contribution in [2.24, 2.45) is 7.05 Å². The molecule has 1 fully saturated rings. The van der Waals surface area contributed by atoms with Crippen molar-refractivity contribution in [3.05, 3.63) is 34.8 Å². The van der Waals surface area contributed by atoms with Gasteiger partial charge < -0.3 is 4.90 Å². The highest BCUT2D eigenvalue weighted by Gasteiger charge is 2.28. The number of rotatable bonds is 2. The van der Waals surface area contributed by atoms with Gasteiger partial charge >= 0.3 is 0 Å². The molecule has 1 saturated heterocycles. The van der Waals surface area contributed by atoms with Crippen molar-refractivity contribution >= 4 is 28.3 Å². The number of amides is 1. The van der Waals surface area contributed by atoms with Crippen LogP contribution in [0, 0.1) is 6.92 Å². The first-order valence-electron chi connectivity index (χ1n) is 8.75. The van der Waals surface area contributed by atoms with Crippen LogP contribution >= 0.6 is 11.3 Å². The fraction of sp³-hybridized carbons (Fsp3) is 0.421. The predicted molar refractivity (Wildman–Crippen MR) is 101 cm³/mol. The second-order valence-corrected chi connectivity index (χ2v) is 7.73. The van der Waals surface area contributed by atoms with E-state index in [1.54, 1.807) is 16.0 Å². The molecule has 25 heavy (non-hydrogen) atoms. The maximum atomic E-state index is 13.4. The summed E-state index contributed by atoms with van der Waals surface area (Å²) in [7, 11) is 1.89. The molecule has 4 rings (SSSR count). The molecule has 3 aromatic heterocycles. The number of fused-ring (bicyclic) bond motifs is 1. The lowest BCUT2D eigenvalue weighted by Gasteiger charge is -2.33. The van der Waals surface area contributed by atoms with Gasteiger partial charge in [0.2, 0.25) is 0 Å². The highest BCUT2D eigenvalue weighted by molar-refractivity contribution is 7.13. The quantitative estimate of drug-likeness (QED) is 0.698. The smallest absolute Gasteiger partial charge is 0.254 e. The third-order valence-corrected chi connectivity index (χ3v) is 5.93. The van der Waals surface area contributed by atoms with Crippen molar-refractivity contribution in [2.75, 3.05) is 6.54 Å². The zero-order valence-electron chi connectivity index (χ0n) is 14.8. The number of aryl methyl sites for hydroxylation is 2. The van der Waals surface area contributed by atoms with E-state index in [4.69, 9.17) is 4.98 Å². The Morgan fingerprint density at radius 1 is 1.36 bits per heavy atom. The molecule has 0 bridgehead atoms. The van der Waals surface area contributed by atoms with Crippen LogP contribution in [0.2, 0.25) is 0 Å². The van der Waals surface area contributed by atoms with Crippen LogP contribution < -0.4 is 0 Å². The Morgan fingerprint density at radius 3 is 2.92 bits per heavy atom. The van der Waals surface area contributed by atoms with E-state index in [2.05, 4.69) is 12.0 Å². The lowest BCUT2D eigenvalue weighted by Crippen LogP contribution is -2.42. The number of carbonyl (C=O) groups excluding carboxylic acids is 1. The van der Waals surface area contributed by atoms with Crippen LogP contribution in [0.1, 0.15) is 42.2 Å². The molecule has 0 saturated carbocycles. The van der Waals surface area contributed by atoms with Gasteiger partial charge in [0.1, 0.15) is 0 Å². The van der Waals surface area contributed by atoms with E-state index in [-0.39, 0.29) is 11.9 Å². The average Bonchev–Trinajstić information content (AvgIpc) is 3.23. The Balaban J connectivity index is 1.90. The van der Waals surface area contributed by atoms with Gasteiger partial charge in [0.05, 0.1) is 27.2 Å². The van der Waals surface area contributed by atoms with Crippen molar-refractivity contribution in [1.29, 1.82) is 0 Å². The second-order valence-electron chi connectivity index (χ2n) is 6.78. The van der Waals surface area contributed by atoms with Gasteiger partial charge in [0.15, 0.2) is 5.65 Å². The fourth-order valence-electron chi connectivity index (χ4n) is 3.72. The third-order valence-electron chi connectivity index (χ3n) is 5.04. The van der Waals surface area contributed by atoms with Crippen LogP contribution in [0.15, 0.2) is 23.6 Å². The number of hydrogen-bond acceptors (Lipinski definition) is 4. The molecule has 130 valence electrons. The second kappa shape index (κ2) is 6.26. The number of likely N-dealkylation sites (tertiary alicyclic amines) is 1. The van der Waals surface area contributed by atoms with Crippen LogP contribution in [0.4, 0.5) is 0 Å². The van der Waals surface area contributed by atoms with Crippen molar-refractivity contribution < 1.29 is 4.79 Å². The molecule has 0 aromatic carbocycles. The minimum absolute atomic E-state index is 0.105. The van der Waals surface area contributed by atoms with E-state index in [9.17, 15) is 4.79 Å². The summed E-state index contributed by atoms with van der Waals surface area (Å²) in [6, 6.07) is 6.28. The molecule has 1 aliphatic heterocycles. The molecule has 5 nitrogen and oxygen atoms in total. The van der Waals surface area contributed by atoms with Crippen LogP contribution in [0.25, 0.3) is 21.6 Å². The zero-order valence-corrected chi connectivity index (χ0v) is 15.6. The molecular weight excluding hydrogens is 332 g/mol. The number of carbonyl (C=O) groups is 1. The number of hydrogen-bond donors (Lipinski definition) is 0. The van der Waals surface area contributed by atoms with Gasteiger partial charge in [-0.25, -0.2) is 4.98 Å². The first-order valence-corrected chi connectivity index (χ1v) is 9.63. The van der Waals surface area contributed by atoms with Gasteiger partial charge in [0, 0.05) is 19.6 Å². The lowest BCUT2D eigenvalue weighted by molar-refractivity contribution is 0.0637. The summed E-state index contributed by atoms with van der Waals surface area (Å²) >= 11 is 1.64. The number of pyridine rings is 1. The monoisotopic (exact) mass is 354 g/mol. The van der Waals surface area contributed by atoms with E-state index in [0.29, 0.717) is 0 Å². The molecule has 0 unspecified atom stereocenters. The van der Waals surface area contributed by atoms with E-state index < -0.39 is 0 Å². The summed E-state index contributed by atoms with van der Waals surface area (Å²) < 4.78 is 1.78. The maximum Gasteiger partial charge on any atom is 0.254 e. The van der Waals surface area contributed by atoms with Crippen molar-refractivity contribution in [3.8, 4) is 10.6 Å². The van der Waals surface area contributed by atoms with Crippen molar-refractivity contribution in [3.63, 3.8) is 0 Å². The molecule has 0 aliphatic carbocycles. The molecule has 0 spiro atoms. The Kier molecular flexibility index (Phi) is 4.07. The van der Waals surface area contributed by atoms with Crippen LogP contribution in [0.3, 0.4) is 0 Å². The average molecular weight is 354 g/mol. The van der Waals surface area contributed by atoms with Gasteiger partial charge in [-0.05, 0) is 50.6 Å². The molecule has 0 N–H and O–H groups in total. The highest BCUT2D eigenvalue weighted by atomic mass is 32.1. The van der Waals surface area contributed by atoms with E-state index in [1.807, 2.05) is 42.5 Å². The largest absolute Gasteiger partial charge is 0.336 e. The number of nitrogens with zero attached hydrogens (tertiary/aromatic N) is 4. The van der Waals surface area contributed by atoms with Crippen molar-refractivity contribution in [1.82, 2.24) is 19.7 Å².